The van der Waals surface area contributed by atoms with Gasteiger partial charge >= 0.3 is 5.97 Å². The number of aryl methyl sites for hydroxylation is 1. The summed E-state index contributed by atoms with van der Waals surface area (Å²) in [4.78, 5) is 15.5. The van der Waals surface area contributed by atoms with Crippen LogP contribution in [-0.2, 0) is 31.3 Å². The third kappa shape index (κ3) is 2.53. The molecule has 1 aromatic heterocycles. The second kappa shape index (κ2) is 5.68. The highest BCUT2D eigenvalue weighted by Crippen LogP contribution is 2.25. The highest BCUT2D eigenvalue weighted by Gasteiger charge is 2.41. The molecule has 1 unspecified atom stereocenters. The number of halogens is 1. The Morgan fingerprint density at radius 3 is 2.85 bits per heavy atom. The van der Waals surface area contributed by atoms with Crippen molar-refractivity contribution < 1.29 is 22.7 Å². The second-order valence-corrected chi connectivity index (χ2v) is 6.34. The number of aromatic nitrogens is 2. The van der Waals surface area contributed by atoms with Gasteiger partial charge in [0.15, 0.2) is 0 Å². The third-order valence-electron chi connectivity index (χ3n) is 2.94. The molecule has 20 heavy (non-hydrogen) atoms. The predicted octanol–water partition coefficient (Wildman–Crippen LogP) is -0.364. The Kier molecular flexibility index (Phi) is 4.33. The molecule has 0 aromatic carbocycles. The first-order valence-corrected chi connectivity index (χ1v) is 7.55. The lowest BCUT2D eigenvalue weighted by molar-refractivity contribution is -0.149. The van der Waals surface area contributed by atoms with E-state index in [1.54, 1.807) is 7.05 Å². The number of methoxy groups -OCH3 is 1. The Morgan fingerprint density at radius 1 is 1.60 bits per heavy atom. The summed E-state index contributed by atoms with van der Waals surface area (Å²) in [6.07, 6.45) is 1.29. The maximum absolute atomic E-state index is 12.6. The number of sulfonamides is 1. The lowest BCUT2D eigenvalue weighted by Crippen LogP contribution is -2.52. The number of carbonyl (C=O) groups is 1. The molecule has 0 N–H and O–H groups in total. The summed E-state index contributed by atoms with van der Waals surface area (Å²) in [7, 11) is -1.22. The van der Waals surface area contributed by atoms with Crippen LogP contribution in [0.25, 0.3) is 0 Å². The van der Waals surface area contributed by atoms with Crippen LogP contribution in [-0.4, -0.2) is 61.2 Å². The minimum atomic E-state index is -3.99. The van der Waals surface area contributed by atoms with Crippen molar-refractivity contribution in [3.05, 3.63) is 11.5 Å². The maximum Gasteiger partial charge on any atom is 0.326 e. The van der Waals surface area contributed by atoms with Gasteiger partial charge in [-0.25, -0.2) is 13.4 Å². The van der Waals surface area contributed by atoms with Crippen LogP contribution in [0, 0.1) is 0 Å². The van der Waals surface area contributed by atoms with Crippen LogP contribution in [0.15, 0.2) is 11.4 Å². The normalized spacial score (nSPS) is 20.9. The van der Waals surface area contributed by atoms with Gasteiger partial charge in [-0.05, 0) is 0 Å². The quantitative estimate of drug-likeness (QED) is 0.705. The van der Waals surface area contributed by atoms with Gasteiger partial charge in [0.1, 0.15) is 11.2 Å². The molecule has 0 saturated carbocycles. The molecule has 10 heteroatoms. The number of nitrogens with zero attached hydrogens (tertiary/aromatic N) is 3. The number of imidazole rings is 1. The summed E-state index contributed by atoms with van der Waals surface area (Å²) >= 11 is 5.92. The molecule has 1 fully saturated rings. The van der Waals surface area contributed by atoms with Crippen LogP contribution in [0.2, 0.25) is 5.15 Å². The molecule has 1 aliphatic rings. The van der Waals surface area contributed by atoms with Gasteiger partial charge in [-0.3, -0.25) is 4.79 Å². The lowest BCUT2D eigenvalue weighted by Gasteiger charge is -2.31. The molecule has 8 nitrogen and oxygen atoms in total. The van der Waals surface area contributed by atoms with Gasteiger partial charge in [-0.2, -0.15) is 4.31 Å². The Hall–Kier alpha value is -1.16. The number of esters is 1. The lowest BCUT2D eigenvalue weighted by atomic mass is 10.3. The van der Waals surface area contributed by atoms with Gasteiger partial charge in [-0.1, -0.05) is 11.6 Å². The minimum absolute atomic E-state index is 0.0138. The molecule has 0 aliphatic carbocycles. The van der Waals surface area contributed by atoms with E-state index in [0.29, 0.717) is 0 Å². The van der Waals surface area contributed by atoms with Gasteiger partial charge in [0.2, 0.25) is 5.03 Å². The van der Waals surface area contributed by atoms with Crippen LogP contribution in [0.3, 0.4) is 0 Å². The van der Waals surface area contributed by atoms with Crippen LogP contribution in [0.5, 0.6) is 0 Å². The van der Waals surface area contributed by atoms with E-state index in [-0.39, 0.29) is 29.9 Å². The van der Waals surface area contributed by atoms with Crippen molar-refractivity contribution >= 4 is 27.6 Å². The van der Waals surface area contributed by atoms with Gasteiger partial charge in [-0.15, -0.1) is 0 Å². The Balaban J connectivity index is 2.41. The molecule has 0 spiro atoms. The predicted molar refractivity (Wildman–Crippen MR) is 68.7 cm³/mol. The van der Waals surface area contributed by atoms with Crippen molar-refractivity contribution in [1.82, 2.24) is 13.9 Å². The van der Waals surface area contributed by atoms with E-state index in [1.807, 2.05) is 0 Å². The van der Waals surface area contributed by atoms with Crippen LogP contribution >= 0.6 is 11.6 Å². The van der Waals surface area contributed by atoms with Crippen molar-refractivity contribution in [1.29, 1.82) is 0 Å². The molecule has 2 heterocycles. The summed E-state index contributed by atoms with van der Waals surface area (Å²) in [5, 5.41) is -0.294. The summed E-state index contributed by atoms with van der Waals surface area (Å²) in [6, 6.07) is -1.03. The molecule has 1 aromatic rings. The molecular formula is C10H14ClN3O5S. The van der Waals surface area contributed by atoms with E-state index in [2.05, 4.69) is 9.72 Å². The fourth-order valence-electron chi connectivity index (χ4n) is 1.88. The standard InChI is InChI=1S/C10H14ClN3O5S/c1-13-6-12-9(8(13)11)20(16,17)14-3-4-19-5-7(14)10(15)18-2/h6-7H,3-5H2,1-2H3. The first-order valence-electron chi connectivity index (χ1n) is 5.74. The number of ether oxygens (including phenoxy) is 2. The average molecular weight is 324 g/mol. The monoisotopic (exact) mass is 323 g/mol. The number of carbonyl (C=O) groups excluding carboxylic acids is 1. The number of hydrogen-bond acceptors (Lipinski definition) is 6. The van der Waals surface area contributed by atoms with Crippen molar-refractivity contribution in [3.63, 3.8) is 0 Å². The zero-order chi connectivity index (χ0) is 14.9. The first-order chi connectivity index (χ1) is 9.39. The van der Waals surface area contributed by atoms with Gasteiger partial charge in [0.05, 0.1) is 26.7 Å². The van der Waals surface area contributed by atoms with Gasteiger partial charge < -0.3 is 14.0 Å². The fraction of sp³-hybridized carbons (Fsp3) is 0.600. The average Bonchev–Trinajstić information content (AvgIpc) is 2.78. The number of rotatable bonds is 3. The first kappa shape index (κ1) is 15.2. The highest BCUT2D eigenvalue weighted by atomic mass is 35.5. The molecule has 0 radical (unpaired) electrons. The number of morpholine rings is 1. The summed E-state index contributed by atoms with van der Waals surface area (Å²) < 4.78 is 37.2. The molecule has 0 amide bonds. The maximum atomic E-state index is 12.6. The molecule has 1 aliphatic heterocycles. The van der Waals surface area contributed by atoms with E-state index in [9.17, 15) is 13.2 Å². The minimum Gasteiger partial charge on any atom is -0.468 e. The molecule has 1 atom stereocenters. The zero-order valence-electron chi connectivity index (χ0n) is 10.9. The zero-order valence-corrected chi connectivity index (χ0v) is 12.5. The smallest absolute Gasteiger partial charge is 0.326 e. The summed E-state index contributed by atoms with van der Waals surface area (Å²) in [5.74, 6) is -0.680. The van der Waals surface area contributed by atoms with E-state index in [0.717, 1.165) is 4.31 Å². The highest BCUT2D eigenvalue weighted by molar-refractivity contribution is 7.89. The fourth-order valence-corrected chi connectivity index (χ4v) is 3.82. The van der Waals surface area contributed by atoms with Gasteiger partial charge in [0, 0.05) is 13.6 Å². The molecule has 1 saturated heterocycles. The van der Waals surface area contributed by atoms with Crippen LogP contribution in [0.1, 0.15) is 0 Å². The summed E-state index contributed by atoms with van der Waals surface area (Å²) in [6.45, 7) is 0.169. The van der Waals surface area contributed by atoms with E-state index in [4.69, 9.17) is 16.3 Å². The van der Waals surface area contributed by atoms with E-state index >= 15 is 0 Å². The summed E-state index contributed by atoms with van der Waals surface area (Å²) in [5.41, 5.74) is 0. The van der Waals surface area contributed by atoms with Crippen molar-refractivity contribution in [2.75, 3.05) is 26.9 Å². The number of hydrogen-bond donors (Lipinski definition) is 0. The Labute approximate surface area is 121 Å². The SMILES string of the molecule is COC(=O)C1COCCN1S(=O)(=O)c1ncn(C)c1Cl. The molecular weight excluding hydrogens is 310 g/mol. The molecule has 2 rings (SSSR count). The van der Waals surface area contributed by atoms with Crippen molar-refractivity contribution in [2.45, 2.75) is 11.1 Å². The van der Waals surface area contributed by atoms with Crippen LogP contribution < -0.4 is 0 Å². The second-order valence-electron chi connectivity index (χ2n) is 4.18. The topological polar surface area (TPSA) is 90.7 Å². The van der Waals surface area contributed by atoms with Crippen molar-refractivity contribution in [2.24, 2.45) is 7.05 Å². The Bertz CT molecular complexity index is 614. The van der Waals surface area contributed by atoms with E-state index < -0.39 is 22.0 Å². The largest absolute Gasteiger partial charge is 0.468 e. The Morgan fingerprint density at radius 2 is 2.30 bits per heavy atom. The third-order valence-corrected chi connectivity index (χ3v) is 5.34. The molecule has 112 valence electrons. The van der Waals surface area contributed by atoms with E-state index in [1.165, 1.54) is 18.0 Å². The van der Waals surface area contributed by atoms with Crippen LogP contribution in [0.4, 0.5) is 0 Å². The van der Waals surface area contributed by atoms with Gasteiger partial charge in [0.25, 0.3) is 10.0 Å². The van der Waals surface area contributed by atoms with Crippen molar-refractivity contribution in [3.8, 4) is 0 Å². The molecule has 0 bridgehead atoms.